The zero-order chi connectivity index (χ0) is 27.0. The van der Waals surface area contributed by atoms with Gasteiger partial charge in [-0.25, -0.2) is 13.2 Å². The summed E-state index contributed by atoms with van der Waals surface area (Å²) in [7, 11) is 0. The van der Waals surface area contributed by atoms with Gasteiger partial charge < -0.3 is 15.0 Å². The van der Waals surface area contributed by atoms with Crippen LogP contribution in [0.5, 0.6) is 5.75 Å². The summed E-state index contributed by atoms with van der Waals surface area (Å²) in [4.78, 5) is 41.7. The summed E-state index contributed by atoms with van der Waals surface area (Å²) in [5.74, 6) is -5.13. The van der Waals surface area contributed by atoms with Crippen LogP contribution < -0.4 is 20.5 Å². The topological polar surface area (TPSA) is 83.9 Å². The monoisotopic (exact) mass is 524 g/mol. The van der Waals surface area contributed by atoms with Crippen LogP contribution in [0.25, 0.3) is 0 Å². The van der Waals surface area contributed by atoms with E-state index in [1.54, 1.807) is 34.2 Å². The Labute approximate surface area is 215 Å². The first kappa shape index (κ1) is 25.1. The Balaban J connectivity index is 1.54. The zero-order valence-corrected chi connectivity index (χ0v) is 20.3. The molecule has 8 nitrogen and oxygen atoms in total. The van der Waals surface area contributed by atoms with E-state index < -0.39 is 46.8 Å². The molecule has 5 rings (SSSR count). The van der Waals surface area contributed by atoms with Crippen molar-refractivity contribution in [3.05, 3.63) is 111 Å². The normalized spacial score (nSPS) is 16.2. The number of halogens is 3. The summed E-state index contributed by atoms with van der Waals surface area (Å²) < 4.78 is 48.7. The molecule has 2 aliphatic heterocycles. The van der Waals surface area contributed by atoms with E-state index >= 15 is 0 Å². The number of nitrogens with zero attached hydrogens (tertiary/aromatic N) is 3. The quantitative estimate of drug-likeness (QED) is 0.502. The number of fused-ring (bicyclic) bond motifs is 4. The molecule has 0 fully saturated rings. The number of amides is 2. The average molecular weight is 524 g/mol. The molecule has 0 saturated carbocycles. The number of pyridine rings is 1. The van der Waals surface area contributed by atoms with Gasteiger partial charge in [0.25, 0.3) is 11.8 Å². The van der Waals surface area contributed by atoms with Crippen molar-refractivity contribution in [2.45, 2.75) is 26.1 Å². The van der Waals surface area contributed by atoms with Crippen LogP contribution >= 0.6 is 0 Å². The fourth-order valence-corrected chi connectivity index (χ4v) is 4.41. The molecule has 0 spiro atoms. The highest BCUT2D eigenvalue weighted by atomic mass is 19.1. The second kappa shape index (κ2) is 10.1. The van der Waals surface area contributed by atoms with Gasteiger partial charge >= 0.3 is 0 Å². The van der Waals surface area contributed by atoms with Crippen LogP contribution in [0.4, 0.5) is 13.2 Å². The van der Waals surface area contributed by atoms with Crippen molar-refractivity contribution in [2.75, 3.05) is 18.2 Å². The highest BCUT2D eigenvalue weighted by Crippen LogP contribution is 2.26. The number of rotatable bonds is 6. The van der Waals surface area contributed by atoms with Crippen LogP contribution in [-0.4, -0.2) is 40.6 Å². The molecule has 0 aliphatic carbocycles. The molecule has 38 heavy (non-hydrogen) atoms. The lowest BCUT2D eigenvalue weighted by Gasteiger charge is -2.40. The maximum Gasteiger partial charge on any atom is 0.278 e. The van der Waals surface area contributed by atoms with Gasteiger partial charge in [0.2, 0.25) is 5.43 Å². The van der Waals surface area contributed by atoms with Crippen LogP contribution in [0, 0.1) is 17.5 Å². The average Bonchev–Trinajstić information content (AvgIpc) is 3.06. The van der Waals surface area contributed by atoms with E-state index in [1.165, 1.54) is 10.9 Å². The van der Waals surface area contributed by atoms with Crippen molar-refractivity contribution in [2.24, 2.45) is 0 Å². The van der Waals surface area contributed by atoms with Crippen LogP contribution in [0.1, 0.15) is 38.9 Å². The Bertz CT molecular complexity index is 1480. The molecule has 3 heterocycles. The van der Waals surface area contributed by atoms with Crippen molar-refractivity contribution in [3.8, 4) is 5.75 Å². The van der Waals surface area contributed by atoms with Crippen LogP contribution in [0.3, 0.4) is 0 Å². The summed E-state index contributed by atoms with van der Waals surface area (Å²) in [5, 5.41) is 4.06. The standard InChI is InChI=1S/C27H23F3N4O4/c1-16-6-5-9-32-15-33(16)27(37)23-25(38-14-17-7-3-2-4-8-17)24(35)20(13-34(23)32)26(36)31-12-19-21(29)10-18(28)11-22(19)30/h2-8,10-11,13,16H,9,12,14-15H2,1H3,(H,31,36)/t16-/m0/s1. The highest BCUT2D eigenvalue weighted by molar-refractivity contribution is 5.99. The Morgan fingerprint density at radius 1 is 1.11 bits per heavy atom. The molecule has 1 atom stereocenters. The van der Waals surface area contributed by atoms with E-state index in [1.807, 2.05) is 25.1 Å². The van der Waals surface area contributed by atoms with Crippen LogP contribution in [0.15, 0.2) is 65.6 Å². The Morgan fingerprint density at radius 3 is 2.53 bits per heavy atom. The maximum absolute atomic E-state index is 14.1. The summed E-state index contributed by atoms with van der Waals surface area (Å²) in [5.41, 5.74) is -1.09. The first-order valence-electron chi connectivity index (χ1n) is 11.9. The lowest BCUT2D eigenvalue weighted by Crippen LogP contribution is -2.55. The lowest BCUT2D eigenvalue weighted by atomic mass is 10.1. The Morgan fingerprint density at radius 2 is 1.82 bits per heavy atom. The molecule has 196 valence electrons. The van der Waals surface area contributed by atoms with Crippen molar-refractivity contribution in [1.82, 2.24) is 14.9 Å². The molecule has 2 amide bonds. The minimum atomic E-state index is -1.17. The largest absolute Gasteiger partial charge is 0.482 e. The third kappa shape index (κ3) is 4.62. The van der Waals surface area contributed by atoms with Crippen LogP contribution in [-0.2, 0) is 13.2 Å². The second-order valence-corrected chi connectivity index (χ2v) is 8.97. The third-order valence-electron chi connectivity index (χ3n) is 6.45. The first-order chi connectivity index (χ1) is 18.2. The highest BCUT2D eigenvalue weighted by Gasteiger charge is 2.37. The number of aromatic nitrogens is 1. The van der Waals surface area contributed by atoms with Gasteiger partial charge in [-0.15, -0.1) is 0 Å². The number of hydrogen-bond acceptors (Lipinski definition) is 5. The van der Waals surface area contributed by atoms with Crippen molar-refractivity contribution in [1.29, 1.82) is 0 Å². The number of ether oxygens (including phenoxy) is 1. The fourth-order valence-electron chi connectivity index (χ4n) is 4.41. The maximum atomic E-state index is 14.1. The summed E-state index contributed by atoms with van der Waals surface area (Å²) in [6.45, 7) is 1.77. The van der Waals surface area contributed by atoms with Gasteiger partial charge in [-0.3, -0.25) is 24.1 Å². The van der Waals surface area contributed by atoms with Crippen LogP contribution in [0.2, 0.25) is 0 Å². The van der Waals surface area contributed by atoms with Gasteiger partial charge in [0.05, 0.1) is 6.54 Å². The van der Waals surface area contributed by atoms with Gasteiger partial charge in [-0.1, -0.05) is 42.5 Å². The molecule has 0 unspecified atom stereocenters. The van der Waals surface area contributed by atoms with E-state index in [-0.39, 0.29) is 36.3 Å². The predicted octanol–water partition coefficient (Wildman–Crippen LogP) is 3.08. The number of carbonyl (C=O) groups excluding carboxylic acids is 2. The van der Waals surface area contributed by atoms with Gasteiger partial charge in [0, 0.05) is 36.5 Å². The van der Waals surface area contributed by atoms with Gasteiger partial charge in [0.1, 0.15) is 36.3 Å². The van der Waals surface area contributed by atoms with Gasteiger partial charge in [0.15, 0.2) is 11.4 Å². The molecule has 1 N–H and O–H groups in total. The SMILES string of the molecule is C[C@H]1C=CCN2CN1C(=O)c1c(OCc3ccccc3)c(=O)c(C(=O)NCc3c(F)cc(F)cc3F)cn12. The summed E-state index contributed by atoms with van der Waals surface area (Å²) >= 11 is 0. The van der Waals surface area contributed by atoms with E-state index in [4.69, 9.17) is 4.74 Å². The zero-order valence-electron chi connectivity index (χ0n) is 20.3. The molecule has 11 heteroatoms. The second-order valence-electron chi connectivity index (χ2n) is 8.97. The minimum absolute atomic E-state index is 0.0279. The summed E-state index contributed by atoms with van der Waals surface area (Å²) in [6.07, 6.45) is 4.96. The molecular weight excluding hydrogens is 501 g/mol. The lowest BCUT2D eigenvalue weighted by molar-refractivity contribution is 0.0656. The predicted molar refractivity (Wildman–Crippen MR) is 132 cm³/mol. The van der Waals surface area contributed by atoms with Crippen molar-refractivity contribution < 1.29 is 27.5 Å². The van der Waals surface area contributed by atoms with Gasteiger partial charge in [-0.05, 0) is 12.5 Å². The fraction of sp³-hybridized carbons (Fsp3) is 0.222. The van der Waals surface area contributed by atoms with E-state index in [0.717, 1.165) is 5.56 Å². The third-order valence-corrected chi connectivity index (χ3v) is 6.45. The van der Waals surface area contributed by atoms with E-state index in [0.29, 0.717) is 18.7 Å². The molecular formula is C27H23F3N4O4. The number of benzene rings is 2. The number of nitrogens with one attached hydrogen (secondary N) is 1. The van der Waals surface area contributed by atoms with E-state index in [9.17, 15) is 27.6 Å². The minimum Gasteiger partial charge on any atom is -0.482 e. The first-order valence-corrected chi connectivity index (χ1v) is 11.9. The van der Waals surface area contributed by atoms with Gasteiger partial charge in [-0.2, -0.15) is 0 Å². The molecule has 0 radical (unpaired) electrons. The Hall–Kier alpha value is -4.54. The van der Waals surface area contributed by atoms with Crippen molar-refractivity contribution >= 4 is 11.8 Å². The number of hydrogen-bond donors (Lipinski definition) is 1. The molecule has 1 aromatic heterocycles. The molecule has 2 bridgehead atoms. The molecule has 0 saturated heterocycles. The van der Waals surface area contributed by atoms with E-state index in [2.05, 4.69) is 5.32 Å². The van der Waals surface area contributed by atoms with Crippen molar-refractivity contribution in [3.63, 3.8) is 0 Å². The smallest absolute Gasteiger partial charge is 0.278 e. The Kier molecular flexibility index (Phi) is 6.66. The molecule has 3 aromatic rings. The summed E-state index contributed by atoms with van der Waals surface area (Å²) in [6, 6.07) is 9.74. The molecule has 2 aliphatic rings. The molecule has 2 aromatic carbocycles. The number of carbonyl (C=O) groups is 2.